The minimum atomic E-state index is -0.895. The number of hydrogen-bond acceptors (Lipinski definition) is 3. The highest BCUT2D eigenvalue weighted by atomic mass is 32.1. The maximum Gasteiger partial charge on any atom is 0.307 e. The van der Waals surface area contributed by atoms with Gasteiger partial charge in [-0.15, -0.1) is 11.3 Å². The fourth-order valence-electron chi connectivity index (χ4n) is 2.31. The van der Waals surface area contributed by atoms with Crippen molar-refractivity contribution in [3.05, 3.63) is 34.5 Å². The third kappa shape index (κ3) is 3.23. The molecule has 0 fully saturated rings. The number of amides is 1. The summed E-state index contributed by atoms with van der Waals surface area (Å²) in [5.41, 5.74) is 0. The van der Waals surface area contributed by atoms with Crippen LogP contribution >= 0.6 is 11.3 Å². The van der Waals surface area contributed by atoms with E-state index in [0.717, 1.165) is 4.88 Å². The first-order chi connectivity index (χ1) is 9.09. The van der Waals surface area contributed by atoms with E-state index in [-0.39, 0.29) is 11.9 Å². The van der Waals surface area contributed by atoms with Crippen LogP contribution in [0, 0.1) is 11.8 Å². The SMILES string of the molecule is CC(NC(=O)C1CC=CCC1C(=O)O)c1cccs1. The van der Waals surface area contributed by atoms with Gasteiger partial charge in [-0.2, -0.15) is 0 Å². The summed E-state index contributed by atoms with van der Waals surface area (Å²) >= 11 is 1.58. The standard InChI is InChI=1S/C14H17NO3S/c1-9(12-7-4-8-19-12)15-13(16)10-5-2-3-6-11(10)14(17)18/h2-4,7-11H,5-6H2,1H3,(H,15,16)(H,17,18). The van der Waals surface area contributed by atoms with E-state index in [2.05, 4.69) is 5.32 Å². The Hall–Kier alpha value is -1.62. The van der Waals surface area contributed by atoms with Crippen molar-refractivity contribution in [3.8, 4) is 0 Å². The lowest BCUT2D eigenvalue weighted by molar-refractivity contribution is -0.147. The summed E-state index contributed by atoms with van der Waals surface area (Å²) in [7, 11) is 0. The molecule has 1 aromatic rings. The molecule has 102 valence electrons. The second-order valence-electron chi connectivity index (χ2n) is 4.74. The van der Waals surface area contributed by atoms with Crippen LogP contribution < -0.4 is 5.32 Å². The van der Waals surface area contributed by atoms with Crippen LogP contribution in [0.4, 0.5) is 0 Å². The molecule has 5 heteroatoms. The molecule has 19 heavy (non-hydrogen) atoms. The van der Waals surface area contributed by atoms with Crippen LogP contribution in [-0.2, 0) is 9.59 Å². The zero-order valence-electron chi connectivity index (χ0n) is 10.7. The van der Waals surface area contributed by atoms with Gasteiger partial charge in [0.05, 0.1) is 17.9 Å². The van der Waals surface area contributed by atoms with E-state index >= 15 is 0 Å². The van der Waals surface area contributed by atoms with E-state index in [1.165, 1.54) is 0 Å². The lowest BCUT2D eigenvalue weighted by Crippen LogP contribution is -2.39. The van der Waals surface area contributed by atoms with Crippen LogP contribution in [0.3, 0.4) is 0 Å². The predicted octanol–water partition coefficient (Wildman–Crippen LogP) is 2.59. The van der Waals surface area contributed by atoms with Crippen LogP contribution in [0.2, 0.25) is 0 Å². The van der Waals surface area contributed by atoms with Crippen molar-refractivity contribution in [2.24, 2.45) is 11.8 Å². The van der Waals surface area contributed by atoms with Gasteiger partial charge in [-0.05, 0) is 31.2 Å². The van der Waals surface area contributed by atoms with Gasteiger partial charge in [0.2, 0.25) is 5.91 Å². The average Bonchev–Trinajstić information content (AvgIpc) is 2.92. The highest BCUT2D eigenvalue weighted by molar-refractivity contribution is 7.10. The monoisotopic (exact) mass is 279 g/mol. The molecule has 1 aromatic heterocycles. The largest absolute Gasteiger partial charge is 0.481 e. The molecule has 1 aliphatic rings. The second-order valence-corrected chi connectivity index (χ2v) is 5.72. The lowest BCUT2D eigenvalue weighted by atomic mass is 9.82. The fourth-order valence-corrected chi connectivity index (χ4v) is 3.04. The number of carbonyl (C=O) groups is 2. The van der Waals surface area contributed by atoms with Gasteiger partial charge in [0.15, 0.2) is 0 Å². The first-order valence-electron chi connectivity index (χ1n) is 6.31. The summed E-state index contributed by atoms with van der Waals surface area (Å²) in [5, 5.41) is 14.0. The van der Waals surface area contributed by atoms with Gasteiger partial charge >= 0.3 is 5.97 Å². The Morgan fingerprint density at radius 2 is 2.05 bits per heavy atom. The van der Waals surface area contributed by atoms with Gasteiger partial charge in [0.1, 0.15) is 0 Å². The smallest absolute Gasteiger partial charge is 0.307 e. The van der Waals surface area contributed by atoms with Gasteiger partial charge in [0.25, 0.3) is 0 Å². The minimum absolute atomic E-state index is 0.0761. The third-order valence-corrected chi connectivity index (χ3v) is 4.47. The number of aliphatic carboxylic acids is 1. The maximum absolute atomic E-state index is 12.2. The van der Waals surface area contributed by atoms with Crippen molar-refractivity contribution in [2.45, 2.75) is 25.8 Å². The number of rotatable bonds is 4. The quantitative estimate of drug-likeness (QED) is 0.832. The molecular formula is C14H17NO3S. The summed E-state index contributed by atoms with van der Waals surface area (Å²) in [4.78, 5) is 24.5. The molecule has 1 heterocycles. The topological polar surface area (TPSA) is 66.4 Å². The second kappa shape index (κ2) is 6.02. The van der Waals surface area contributed by atoms with Crippen LogP contribution in [0.15, 0.2) is 29.7 Å². The molecule has 0 aromatic carbocycles. The highest BCUT2D eigenvalue weighted by Crippen LogP contribution is 2.27. The molecule has 3 atom stereocenters. The van der Waals surface area contributed by atoms with E-state index in [4.69, 9.17) is 5.11 Å². The minimum Gasteiger partial charge on any atom is -0.481 e. The van der Waals surface area contributed by atoms with Crippen molar-refractivity contribution < 1.29 is 14.7 Å². The molecule has 1 amide bonds. The lowest BCUT2D eigenvalue weighted by Gasteiger charge is -2.25. The molecule has 3 unspecified atom stereocenters. The molecule has 0 bridgehead atoms. The molecule has 4 nitrogen and oxygen atoms in total. The summed E-state index contributed by atoms with van der Waals surface area (Å²) in [6.45, 7) is 1.91. The highest BCUT2D eigenvalue weighted by Gasteiger charge is 2.34. The Kier molecular flexibility index (Phi) is 4.37. The van der Waals surface area contributed by atoms with Crippen molar-refractivity contribution in [2.75, 3.05) is 0 Å². The Bertz CT molecular complexity index is 481. The number of thiophene rings is 1. The van der Waals surface area contributed by atoms with E-state index in [9.17, 15) is 9.59 Å². The number of carbonyl (C=O) groups excluding carboxylic acids is 1. The number of nitrogens with one attached hydrogen (secondary N) is 1. The summed E-state index contributed by atoms with van der Waals surface area (Å²) in [5.74, 6) is -2.14. The van der Waals surface area contributed by atoms with Gasteiger partial charge < -0.3 is 10.4 Å². The Morgan fingerprint density at radius 1 is 1.37 bits per heavy atom. The molecule has 0 radical (unpaired) electrons. The predicted molar refractivity (Wildman–Crippen MR) is 73.9 cm³/mol. The third-order valence-electron chi connectivity index (χ3n) is 3.42. The Labute approximate surface area is 116 Å². The van der Waals surface area contributed by atoms with Gasteiger partial charge in [0, 0.05) is 4.88 Å². The normalized spacial score (nSPS) is 23.8. The molecule has 0 spiro atoms. The first kappa shape index (κ1) is 13.8. The maximum atomic E-state index is 12.2. The van der Waals surface area contributed by atoms with Crippen molar-refractivity contribution in [3.63, 3.8) is 0 Å². The summed E-state index contributed by atoms with van der Waals surface area (Å²) in [6.07, 6.45) is 4.66. The van der Waals surface area contributed by atoms with E-state index < -0.39 is 17.8 Å². The number of carboxylic acid groups (broad SMARTS) is 1. The number of carboxylic acids is 1. The van der Waals surface area contributed by atoms with Crippen molar-refractivity contribution in [1.29, 1.82) is 0 Å². The van der Waals surface area contributed by atoms with E-state index in [1.807, 2.05) is 36.6 Å². The average molecular weight is 279 g/mol. The fraction of sp³-hybridized carbons (Fsp3) is 0.429. The first-order valence-corrected chi connectivity index (χ1v) is 7.19. The summed E-state index contributed by atoms with van der Waals surface area (Å²) < 4.78 is 0. The van der Waals surface area contributed by atoms with Gasteiger partial charge in [-0.3, -0.25) is 9.59 Å². The Morgan fingerprint density at radius 3 is 2.63 bits per heavy atom. The summed E-state index contributed by atoms with van der Waals surface area (Å²) in [6, 6.07) is 3.82. The van der Waals surface area contributed by atoms with Crippen LogP contribution in [0.25, 0.3) is 0 Å². The molecule has 0 aliphatic heterocycles. The van der Waals surface area contributed by atoms with Gasteiger partial charge in [-0.25, -0.2) is 0 Å². The Balaban J connectivity index is 2.02. The number of hydrogen-bond donors (Lipinski definition) is 2. The van der Waals surface area contributed by atoms with Crippen molar-refractivity contribution in [1.82, 2.24) is 5.32 Å². The molecule has 0 saturated heterocycles. The zero-order chi connectivity index (χ0) is 13.8. The van der Waals surface area contributed by atoms with E-state index in [1.54, 1.807) is 11.3 Å². The molecular weight excluding hydrogens is 262 g/mol. The molecule has 1 aliphatic carbocycles. The van der Waals surface area contributed by atoms with Crippen LogP contribution in [-0.4, -0.2) is 17.0 Å². The number of allylic oxidation sites excluding steroid dienone is 2. The van der Waals surface area contributed by atoms with Gasteiger partial charge in [-0.1, -0.05) is 18.2 Å². The van der Waals surface area contributed by atoms with Crippen LogP contribution in [0.1, 0.15) is 30.7 Å². The molecule has 2 rings (SSSR count). The van der Waals surface area contributed by atoms with E-state index in [0.29, 0.717) is 12.8 Å². The van der Waals surface area contributed by atoms with Crippen molar-refractivity contribution >= 4 is 23.2 Å². The zero-order valence-corrected chi connectivity index (χ0v) is 11.5. The van der Waals surface area contributed by atoms with Crippen LogP contribution in [0.5, 0.6) is 0 Å². The molecule has 2 N–H and O–H groups in total. The molecule has 0 saturated carbocycles.